The van der Waals surface area contributed by atoms with Crippen LogP contribution in [0.1, 0.15) is 20.7 Å². The highest BCUT2D eigenvalue weighted by molar-refractivity contribution is 7.97. The van der Waals surface area contributed by atoms with Gasteiger partial charge in [-0.25, -0.2) is 4.31 Å². The fraction of sp³-hybridized carbons (Fsp3) is 0.111. The van der Waals surface area contributed by atoms with Crippen LogP contribution in [0.4, 0.5) is 0 Å². The highest BCUT2D eigenvalue weighted by Crippen LogP contribution is 2.27. The van der Waals surface area contributed by atoms with Crippen LogP contribution in [0.25, 0.3) is 0 Å². The summed E-state index contributed by atoms with van der Waals surface area (Å²) in [5.74, 6) is -1.000. The Morgan fingerprint density at radius 2 is 1.64 bits per heavy atom. The number of hydrogen-bond donors (Lipinski definition) is 1. The van der Waals surface area contributed by atoms with Crippen molar-refractivity contribution in [2.75, 3.05) is 5.94 Å². The number of hydrogen-bond acceptors (Lipinski definition) is 4. The molecule has 0 spiro atoms. The van der Waals surface area contributed by atoms with Crippen LogP contribution in [0.3, 0.4) is 0 Å². The molecule has 0 fully saturated rings. The summed E-state index contributed by atoms with van der Waals surface area (Å²) in [4.78, 5) is 23.1. The zero-order valence-electron chi connectivity index (χ0n) is 7.14. The molecule has 0 bridgehead atoms. The maximum atomic E-state index is 11.6. The molecule has 0 aromatic heterocycles. The van der Waals surface area contributed by atoms with Gasteiger partial charge in [0.05, 0.1) is 11.1 Å². The Kier molecular flexibility index (Phi) is 2.26. The molecule has 5 heteroatoms. The number of nitrogens with zero attached hydrogens (tertiary/aromatic N) is 1. The lowest BCUT2D eigenvalue weighted by atomic mass is 10.1. The van der Waals surface area contributed by atoms with Crippen LogP contribution in [0.2, 0.25) is 0 Å². The molecule has 1 N–H and O–H groups in total. The highest BCUT2D eigenvalue weighted by Gasteiger charge is 2.35. The lowest BCUT2D eigenvalue weighted by Crippen LogP contribution is -2.22. The molecule has 4 nitrogen and oxygen atoms in total. The summed E-state index contributed by atoms with van der Waals surface area (Å²) >= 11 is 0.801. The second kappa shape index (κ2) is 3.43. The largest absolute Gasteiger partial charge is 0.384 e. The quantitative estimate of drug-likeness (QED) is 0.446. The summed E-state index contributed by atoms with van der Waals surface area (Å²) in [5, 5.41) is 8.66. The van der Waals surface area contributed by atoms with E-state index < -0.39 is 0 Å². The minimum absolute atomic E-state index is 0.286. The molecule has 72 valence electrons. The molecule has 0 unspecified atom stereocenters. The van der Waals surface area contributed by atoms with Crippen molar-refractivity contribution in [1.82, 2.24) is 4.31 Å². The van der Waals surface area contributed by atoms with Crippen molar-refractivity contribution in [3.05, 3.63) is 35.4 Å². The number of benzene rings is 1. The third-order valence-corrected chi connectivity index (χ3v) is 2.65. The standard InChI is InChI=1S/C9H7NO3S/c11-5-14-10-8(12)6-3-1-2-4-7(6)9(10)13/h1-4,11H,5H2. The van der Waals surface area contributed by atoms with Gasteiger partial charge in [0.25, 0.3) is 11.8 Å². The summed E-state index contributed by atoms with van der Waals surface area (Å²) in [6.07, 6.45) is 0. The molecule has 0 aliphatic carbocycles. The van der Waals surface area contributed by atoms with Gasteiger partial charge in [-0.15, -0.1) is 0 Å². The van der Waals surface area contributed by atoms with E-state index in [1.807, 2.05) is 0 Å². The van der Waals surface area contributed by atoms with E-state index in [1.165, 1.54) is 0 Å². The van der Waals surface area contributed by atoms with E-state index in [0.29, 0.717) is 11.1 Å². The number of fused-ring (bicyclic) bond motifs is 1. The molecule has 0 atom stereocenters. The molecule has 1 aliphatic heterocycles. The molecule has 0 radical (unpaired) electrons. The summed E-state index contributed by atoms with van der Waals surface area (Å²) < 4.78 is 0.977. The number of imide groups is 1. The van der Waals surface area contributed by atoms with E-state index in [0.717, 1.165) is 16.3 Å². The molecule has 1 aliphatic rings. The molecule has 2 amide bonds. The van der Waals surface area contributed by atoms with Crippen LogP contribution in [-0.2, 0) is 0 Å². The molecule has 14 heavy (non-hydrogen) atoms. The number of aliphatic hydroxyl groups excluding tert-OH is 1. The Balaban J connectivity index is 2.43. The number of amides is 2. The molecular formula is C9H7NO3S. The maximum Gasteiger partial charge on any atom is 0.271 e. The second-order valence-corrected chi connectivity index (χ2v) is 3.59. The van der Waals surface area contributed by atoms with E-state index in [9.17, 15) is 9.59 Å². The zero-order valence-corrected chi connectivity index (χ0v) is 7.95. The normalized spacial score (nSPS) is 14.8. The maximum absolute atomic E-state index is 11.6. The molecule has 0 saturated carbocycles. The minimum atomic E-state index is -0.357. The average Bonchev–Trinajstić information content (AvgIpc) is 2.45. The first kappa shape index (κ1) is 9.23. The Morgan fingerprint density at radius 1 is 1.14 bits per heavy atom. The van der Waals surface area contributed by atoms with Crippen molar-refractivity contribution >= 4 is 23.8 Å². The van der Waals surface area contributed by atoms with Crippen LogP contribution in [0.15, 0.2) is 24.3 Å². The van der Waals surface area contributed by atoms with E-state index in [-0.39, 0.29) is 17.8 Å². The zero-order chi connectivity index (χ0) is 10.1. The average molecular weight is 209 g/mol. The van der Waals surface area contributed by atoms with Crippen LogP contribution < -0.4 is 0 Å². The molecule has 1 aromatic rings. The van der Waals surface area contributed by atoms with Crippen LogP contribution in [0.5, 0.6) is 0 Å². The van der Waals surface area contributed by atoms with Gasteiger partial charge in [-0.05, 0) is 24.1 Å². The van der Waals surface area contributed by atoms with Gasteiger partial charge in [-0.3, -0.25) is 9.59 Å². The molecular weight excluding hydrogens is 202 g/mol. The van der Waals surface area contributed by atoms with Gasteiger partial charge >= 0.3 is 0 Å². The smallest absolute Gasteiger partial charge is 0.271 e. The van der Waals surface area contributed by atoms with Gasteiger partial charge in [-0.2, -0.15) is 0 Å². The first-order valence-corrected chi connectivity index (χ1v) is 4.91. The van der Waals surface area contributed by atoms with E-state index in [1.54, 1.807) is 24.3 Å². The van der Waals surface area contributed by atoms with Gasteiger partial charge in [0.15, 0.2) is 0 Å². The van der Waals surface area contributed by atoms with Crippen molar-refractivity contribution in [3.8, 4) is 0 Å². The van der Waals surface area contributed by atoms with E-state index in [2.05, 4.69) is 0 Å². The molecule has 2 rings (SSSR count). The first-order valence-electron chi connectivity index (χ1n) is 3.97. The van der Waals surface area contributed by atoms with Crippen molar-refractivity contribution < 1.29 is 14.7 Å². The second-order valence-electron chi connectivity index (χ2n) is 2.71. The number of carbonyl (C=O) groups excluding carboxylic acids is 2. The Bertz CT molecular complexity index is 370. The predicted octanol–water partition coefficient (Wildman–Crippen LogP) is 0.881. The Labute approximate surface area is 84.7 Å². The molecule has 1 aromatic carbocycles. The van der Waals surface area contributed by atoms with Crippen LogP contribution >= 0.6 is 11.9 Å². The summed E-state index contributed by atoms with van der Waals surface area (Å²) in [6.45, 7) is 0. The topological polar surface area (TPSA) is 57.6 Å². The van der Waals surface area contributed by atoms with Crippen molar-refractivity contribution in [1.29, 1.82) is 0 Å². The Morgan fingerprint density at radius 3 is 2.07 bits per heavy atom. The van der Waals surface area contributed by atoms with Crippen molar-refractivity contribution in [2.45, 2.75) is 0 Å². The van der Waals surface area contributed by atoms with Gasteiger partial charge < -0.3 is 5.11 Å². The summed E-state index contributed by atoms with van der Waals surface area (Å²) in [6, 6.07) is 6.62. The van der Waals surface area contributed by atoms with Gasteiger partial charge in [0, 0.05) is 0 Å². The fourth-order valence-electron chi connectivity index (χ4n) is 1.34. The predicted molar refractivity (Wildman–Crippen MR) is 51.6 cm³/mol. The Hall–Kier alpha value is -1.33. The monoisotopic (exact) mass is 209 g/mol. The summed E-state index contributed by atoms with van der Waals surface area (Å²) in [5.41, 5.74) is 0.803. The van der Waals surface area contributed by atoms with Gasteiger partial charge in [0.1, 0.15) is 5.94 Å². The van der Waals surface area contributed by atoms with Crippen LogP contribution in [0, 0.1) is 0 Å². The van der Waals surface area contributed by atoms with E-state index in [4.69, 9.17) is 5.11 Å². The minimum Gasteiger partial charge on any atom is -0.384 e. The molecule has 0 saturated heterocycles. The fourth-order valence-corrected chi connectivity index (χ4v) is 1.89. The van der Waals surface area contributed by atoms with Gasteiger partial charge in [0.2, 0.25) is 0 Å². The van der Waals surface area contributed by atoms with Crippen molar-refractivity contribution in [2.24, 2.45) is 0 Å². The highest BCUT2D eigenvalue weighted by atomic mass is 32.2. The van der Waals surface area contributed by atoms with Crippen LogP contribution in [-0.4, -0.2) is 27.2 Å². The summed E-state index contributed by atoms with van der Waals surface area (Å²) in [7, 11) is 0. The third kappa shape index (κ3) is 1.21. The third-order valence-electron chi connectivity index (χ3n) is 1.94. The molecule has 1 heterocycles. The lowest BCUT2D eigenvalue weighted by Gasteiger charge is -2.08. The lowest BCUT2D eigenvalue weighted by molar-refractivity contribution is 0.0775. The first-order chi connectivity index (χ1) is 6.75. The van der Waals surface area contributed by atoms with Crippen molar-refractivity contribution in [3.63, 3.8) is 0 Å². The number of aliphatic hydroxyl groups is 1. The SMILES string of the molecule is O=C1c2ccccc2C(=O)N1SCO. The number of rotatable bonds is 2. The van der Waals surface area contributed by atoms with E-state index >= 15 is 0 Å². The van der Waals surface area contributed by atoms with Gasteiger partial charge in [-0.1, -0.05) is 12.1 Å². The number of carbonyl (C=O) groups is 2.